The predicted octanol–water partition coefficient (Wildman–Crippen LogP) is -0.673. The van der Waals surface area contributed by atoms with Gasteiger partial charge in [-0.1, -0.05) is 0 Å². The maximum absolute atomic E-state index is 11.2. The molecule has 0 aliphatic carbocycles. The molecule has 0 heterocycles. The standard InChI is InChI=1S/C7H11O9P/c8-4(9)1-7(2-5(10)11,3-6(12)13)17(14,15)16/h1-3H2,(H,8,9)(H,10,11)(H,12,13)(H2,14,15,16). The van der Waals surface area contributed by atoms with Crippen LogP contribution < -0.4 is 0 Å². The van der Waals surface area contributed by atoms with E-state index in [0.29, 0.717) is 0 Å². The Labute approximate surface area is 94.8 Å². The van der Waals surface area contributed by atoms with E-state index in [9.17, 15) is 18.9 Å². The summed E-state index contributed by atoms with van der Waals surface area (Å²) in [5.41, 5.74) is 0. The fraction of sp³-hybridized carbons (Fsp3) is 0.571. The molecule has 98 valence electrons. The van der Waals surface area contributed by atoms with Gasteiger partial charge in [-0.15, -0.1) is 0 Å². The van der Waals surface area contributed by atoms with Crippen LogP contribution in [0.3, 0.4) is 0 Å². The second-order valence-electron chi connectivity index (χ2n) is 3.48. The largest absolute Gasteiger partial charge is 0.481 e. The van der Waals surface area contributed by atoms with Gasteiger partial charge in [0.05, 0.1) is 19.3 Å². The lowest BCUT2D eigenvalue weighted by Crippen LogP contribution is -2.37. The zero-order valence-corrected chi connectivity index (χ0v) is 9.33. The molecule has 0 aromatic carbocycles. The average molecular weight is 270 g/mol. The lowest BCUT2D eigenvalue weighted by atomic mass is 9.96. The molecule has 0 aromatic rings. The second-order valence-corrected chi connectivity index (χ2v) is 5.52. The highest BCUT2D eigenvalue weighted by Crippen LogP contribution is 2.56. The SMILES string of the molecule is O=C(O)CC(CC(=O)O)(CC(=O)O)P(=O)(O)O. The molecule has 0 fully saturated rings. The molecule has 0 unspecified atom stereocenters. The summed E-state index contributed by atoms with van der Waals surface area (Å²) in [5, 5.41) is 22.9. The molecule has 10 heteroatoms. The zero-order valence-electron chi connectivity index (χ0n) is 8.44. The highest BCUT2D eigenvalue weighted by molar-refractivity contribution is 7.53. The predicted molar refractivity (Wildman–Crippen MR) is 51.5 cm³/mol. The van der Waals surface area contributed by atoms with Crippen LogP contribution in [0.4, 0.5) is 0 Å². The number of rotatable bonds is 7. The van der Waals surface area contributed by atoms with Gasteiger partial charge in [0.25, 0.3) is 0 Å². The van der Waals surface area contributed by atoms with Gasteiger partial charge < -0.3 is 25.1 Å². The Bertz CT molecular complexity index is 340. The Kier molecular flexibility index (Phi) is 4.81. The fourth-order valence-electron chi connectivity index (χ4n) is 1.34. The second kappa shape index (κ2) is 5.26. The topological polar surface area (TPSA) is 169 Å². The molecule has 0 atom stereocenters. The number of carboxylic acid groups (broad SMARTS) is 3. The Balaban J connectivity index is 5.51. The summed E-state index contributed by atoms with van der Waals surface area (Å²) < 4.78 is 11.2. The molecule has 0 bridgehead atoms. The molecule has 0 amide bonds. The van der Waals surface area contributed by atoms with Crippen LogP contribution in [0.5, 0.6) is 0 Å². The van der Waals surface area contributed by atoms with Gasteiger partial charge >= 0.3 is 25.5 Å². The first-order chi connectivity index (χ1) is 7.50. The minimum absolute atomic E-state index is 1.24. The Morgan fingerprint density at radius 1 is 0.824 bits per heavy atom. The van der Waals surface area contributed by atoms with Gasteiger partial charge in [-0.25, -0.2) is 0 Å². The first-order valence-electron chi connectivity index (χ1n) is 4.21. The van der Waals surface area contributed by atoms with E-state index in [1.54, 1.807) is 0 Å². The maximum Gasteiger partial charge on any atom is 0.333 e. The van der Waals surface area contributed by atoms with Crippen LogP contribution in [0.15, 0.2) is 0 Å². The Morgan fingerprint density at radius 3 is 1.18 bits per heavy atom. The highest BCUT2D eigenvalue weighted by atomic mass is 31.2. The van der Waals surface area contributed by atoms with E-state index >= 15 is 0 Å². The van der Waals surface area contributed by atoms with Crippen LogP contribution in [0.2, 0.25) is 0 Å². The van der Waals surface area contributed by atoms with Gasteiger partial charge in [-0.2, -0.15) is 0 Å². The number of hydrogen-bond donors (Lipinski definition) is 5. The summed E-state index contributed by atoms with van der Waals surface area (Å²) in [5.74, 6) is -5.05. The zero-order chi connectivity index (χ0) is 13.9. The maximum atomic E-state index is 11.2. The summed E-state index contributed by atoms with van der Waals surface area (Å²) in [6.45, 7) is 0. The fourth-order valence-corrected chi connectivity index (χ4v) is 2.36. The van der Waals surface area contributed by atoms with Crippen molar-refractivity contribution in [2.24, 2.45) is 0 Å². The van der Waals surface area contributed by atoms with Crippen LogP contribution in [-0.2, 0) is 18.9 Å². The van der Waals surface area contributed by atoms with E-state index in [2.05, 4.69) is 0 Å². The summed E-state index contributed by atoms with van der Waals surface area (Å²) >= 11 is 0. The van der Waals surface area contributed by atoms with E-state index in [0.717, 1.165) is 0 Å². The molecule has 0 aromatic heterocycles. The van der Waals surface area contributed by atoms with E-state index in [4.69, 9.17) is 25.1 Å². The van der Waals surface area contributed by atoms with Crippen molar-refractivity contribution in [1.82, 2.24) is 0 Å². The molecule has 0 spiro atoms. The quantitative estimate of drug-likeness (QED) is 0.376. The van der Waals surface area contributed by atoms with Gasteiger partial charge in [0.1, 0.15) is 5.16 Å². The molecule has 0 radical (unpaired) electrons. The van der Waals surface area contributed by atoms with Crippen molar-refractivity contribution >= 4 is 25.5 Å². The van der Waals surface area contributed by atoms with Crippen LogP contribution in [0, 0.1) is 0 Å². The van der Waals surface area contributed by atoms with Crippen molar-refractivity contribution in [3.63, 3.8) is 0 Å². The third-order valence-corrected chi connectivity index (χ3v) is 3.77. The molecule has 0 saturated carbocycles. The lowest BCUT2D eigenvalue weighted by Gasteiger charge is -2.29. The summed E-state index contributed by atoms with van der Waals surface area (Å²) in [6, 6.07) is 0. The molecule has 17 heavy (non-hydrogen) atoms. The molecular formula is C7H11O9P. The van der Waals surface area contributed by atoms with Gasteiger partial charge in [-0.3, -0.25) is 18.9 Å². The van der Waals surface area contributed by atoms with Gasteiger partial charge in [-0.05, 0) is 0 Å². The Morgan fingerprint density at radius 2 is 1.06 bits per heavy atom. The molecule has 0 aliphatic rings. The van der Waals surface area contributed by atoms with Gasteiger partial charge in [0, 0.05) is 0 Å². The molecule has 0 aliphatic heterocycles. The third-order valence-electron chi connectivity index (χ3n) is 2.06. The van der Waals surface area contributed by atoms with Crippen LogP contribution in [0.25, 0.3) is 0 Å². The van der Waals surface area contributed by atoms with Crippen molar-refractivity contribution in [1.29, 1.82) is 0 Å². The van der Waals surface area contributed by atoms with Crippen molar-refractivity contribution < 1.29 is 44.1 Å². The number of carbonyl (C=O) groups is 3. The summed E-state index contributed by atoms with van der Waals surface area (Å²) in [6.07, 6.45) is -3.72. The molecular weight excluding hydrogens is 259 g/mol. The molecule has 0 rings (SSSR count). The van der Waals surface area contributed by atoms with Crippen molar-refractivity contribution in [2.75, 3.05) is 0 Å². The van der Waals surface area contributed by atoms with E-state index in [-0.39, 0.29) is 0 Å². The van der Waals surface area contributed by atoms with Gasteiger partial charge in [0.2, 0.25) is 0 Å². The molecule has 0 saturated heterocycles. The monoisotopic (exact) mass is 270 g/mol. The van der Waals surface area contributed by atoms with E-state index < -0.39 is 49.9 Å². The normalized spacial score (nSPS) is 12.1. The molecule has 9 nitrogen and oxygen atoms in total. The lowest BCUT2D eigenvalue weighted by molar-refractivity contribution is -0.142. The van der Waals surface area contributed by atoms with Gasteiger partial charge in [0.15, 0.2) is 0 Å². The van der Waals surface area contributed by atoms with Crippen LogP contribution in [-0.4, -0.2) is 48.2 Å². The minimum Gasteiger partial charge on any atom is -0.481 e. The van der Waals surface area contributed by atoms with E-state index in [1.165, 1.54) is 0 Å². The van der Waals surface area contributed by atoms with Crippen molar-refractivity contribution in [3.8, 4) is 0 Å². The minimum atomic E-state index is -5.21. The first kappa shape index (κ1) is 15.6. The third kappa shape index (κ3) is 4.51. The van der Waals surface area contributed by atoms with Crippen molar-refractivity contribution in [2.45, 2.75) is 24.4 Å². The number of hydrogen-bond acceptors (Lipinski definition) is 4. The Hall–Kier alpha value is -1.44. The first-order valence-corrected chi connectivity index (χ1v) is 5.82. The smallest absolute Gasteiger partial charge is 0.333 e. The van der Waals surface area contributed by atoms with Crippen LogP contribution >= 0.6 is 7.60 Å². The number of carboxylic acids is 3. The molecule has 5 N–H and O–H groups in total. The highest BCUT2D eigenvalue weighted by Gasteiger charge is 2.51. The summed E-state index contributed by atoms with van der Waals surface area (Å²) in [4.78, 5) is 49.5. The van der Waals surface area contributed by atoms with E-state index in [1.807, 2.05) is 0 Å². The van der Waals surface area contributed by atoms with Crippen LogP contribution in [0.1, 0.15) is 19.3 Å². The number of aliphatic carboxylic acids is 3. The summed E-state index contributed by atoms with van der Waals surface area (Å²) in [7, 11) is -5.21. The average Bonchev–Trinajstić information content (AvgIpc) is 1.96. The van der Waals surface area contributed by atoms with Crippen molar-refractivity contribution in [3.05, 3.63) is 0 Å².